The van der Waals surface area contributed by atoms with E-state index < -0.39 is 11.7 Å². The van der Waals surface area contributed by atoms with E-state index in [1.807, 2.05) is 19.1 Å². The highest BCUT2D eigenvalue weighted by Crippen LogP contribution is 2.35. The molecule has 1 saturated heterocycles. The lowest BCUT2D eigenvalue weighted by Crippen LogP contribution is -2.39. The first-order valence-corrected chi connectivity index (χ1v) is 10.7. The molecule has 0 saturated carbocycles. The van der Waals surface area contributed by atoms with Crippen molar-refractivity contribution in [3.8, 4) is 22.6 Å². The number of imidazole rings is 1. The molecule has 10 heteroatoms. The lowest BCUT2D eigenvalue weighted by Gasteiger charge is -2.35. The van der Waals surface area contributed by atoms with Crippen molar-refractivity contribution in [1.29, 1.82) is 0 Å². The number of rotatable bonds is 6. The molecule has 0 spiro atoms. The average Bonchev–Trinajstić information content (AvgIpc) is 3.31. The van der Waals surface area contributed by atoms with Crippen molar-refractivity contribution in [2.24, 2.45) is 5.41 Å². The number of nitrogens with zero attached hydrogens (tertiary/aromatic N) is 4. The van der Waals surface area contributed by atoms with Crippen LogP contribution in [0.2, 0.25) is 0 Å². The minimum atomic E-state index is -0.733. The number of hydrogen-bond acceptors (Lipinski definition) is 8. The number of nitrogens with one attached hydrogen (secondary N) is 2. The van der Waals surface area contributed by atoms with E-state index in [4.69, 9.17) is 14.5 Å². The van der Waals surface area contributed by atoms with Crippen molar-refractivity contribution >= 4 is 11.6 Å². The highest BCUT2D eigenvalue weighted by molar-refractivity contribution is 5.77. The number of halogens is 1. The summed E-state index contributed by atoms with van der Waals surface area (Å²) >= 11 is 0. The summed E-state index contributed by atoms with van der Waals surface area (Å²) in [6.45, 7) is 2.49. The second kappa shape index (κ2) is 9.26. The van der Waals surface area contributed by atoms with E-state index >= 15 is 0 Å². The van der Waals surface area contributed by atoms with Crippen LogP contribution in [0, 0.1) is 11.2 Å². The van der Waals surface area contributed by atoms with Gasteiger partial charge >= 0.3 is 0 Å². The molecule has 0 atom stereocenters. The van der Waals surface area contributed by atoms with Crippen molar-refractivity contribution in [2.45, 2.75) is 13.2 Å². The van der Waals surface area contributed by atoms with Crippen molar-refractivity contribution < 1.29 is 19.0 Å². The predicted octanol–water partition coefficient (Wildman–Crippen LogP) is 3.86. The number of pyridine rings is 1. The Morgan fingerprint density at radius 1 is 1.06 bits per heavy atom. The SMILES string of the molecule is CC1(CO)COC(c2nc(-c3ccc(F)cc3)c(-c3ccnc(Nc4ccncc4)n3)[nH]2)OC1. The summed E-state index contributed by atoms with van der Waals surface area (Å²) < 4.78 is 25.3. The first-order chi connectivity index (χ1) is 16.5. The number of aliphatic hydroxyl groups is 1. The Balaban J connectivity index is 1.51. The zero-order valence-corrected chi connectivity index (χ0v) is 18.4. The van der Waals surface area contributed by atoms with Crippen LogP contribution < -0.4 is 5.32 Å². The van der Waals surface area contributed by atoms with E-state index in [2.05, 4.69) is 25.3 Å². The number of ether oxygens (including phenoxy) is 2. The largest absolute Gasteiger partial charge is 0.396 e. The summed E-state index contributed by atoms with van der Waals surface area (Å²) in [5, 5.41) is 12.7. The molecule has 1 aliphatic heterocycles. The molecular weight excluding hydrogens is 439 g/mol. The van der Waals surface area contributed by atoms with Crippen LogP contribution in [0.4, 0.5) is 16.0 Å². The van der Waals surface area contributed by atoms with Crippen LogP contribution in [0.25, 0.3) is 22.6 Å². The molecule has 4 aromatic rings. The highest BCUT2D eigenvalue weighted by Gasteiger charge is 2.34. The summed E-state index contributed by atoms with van der Waals surface area (Å²) in [5.41, 5.74) is 2.81. The van der Waals surface area contributed by atoms with Gasteiger partial charge < -0.3 is 24.9 Å². The van der Waals surface area contributed by atoms with Gasteiger partial charge in [0.1, 0.15) is 5.82 Å². The van der Waals surface area contributed by atoms with Gasteiger partial charge in [-0.2, -0.15) is 0 Å². The molecule has 1 aliphatic rings. The van der Waals surface area contributed by atoms with Gasteiger partial charge in [0, 0.05) is 35.3 Å². The van der Waals surface area contributed by atoms with Crippen LogP contribution in [0.1, 0.15) is 19.0 Å². The highest BCUT2D eigenvalue weighted by atomic mass is 19.1. The number of aromatic amines is 1. The number of hydrogen-bond donors (Lipinski definition) is 3. The van der Waals surface area contributed by atoms with Crippen LogP contribution in [0.3, 0.4) is 0 Å². The van der Waals surface area contributed by atoms with Gasteiger partial charge in [0.2, 0.25) is 12.2 Å². The fraction of sp³-hybridized carbons (Fsp3) is 0.250. The first kappa shape index (κ1) is 22.1. The van der Waals surface area contributed by atoms with E-state index in [0.29, 0.717) is 47.6 Å². The zero-order valence-electron chi connectivity index (χ0n) is 18.4. The Hall–Kier alpha value is -3.73. The van der Waals surface area contributed by atoms with Crippen molar-refractivity contribution in [1.82, 2.24) is 24.9 Å². The number of aromatic nitrogens is 5. The summed E-state index contributed by atoms with van der Waals surface area (Å²) in [4.78, 5) is 20.9. The third kappa shape index (κ3) is 4.65. The lowest BCUT2D eigenvalue weighted by molar-refractivity contribution is -0.239. The van der Waals surface area contributed by atoms with E-state index in [-0.39, 0.29) is 12.4 Å². The standard InChI is InChI=1S/C24H23FN6O3/c1-24(12-32)13-33-22(34-14-24)21-30-19(15-2-4-16(25)5-3-15)20(31-21)18-8-11-27-23(29-18)28-17-6-9-26-10-7-17/h2-11,22,32H,12-14H2,1H3,(H,30,31)(H,26,27,28,29). The normalized spacial score (nSPS) is 20.3. The van der Waals surface area contributed by atoms with Crippen LogP contribution in [0.15, 0.2) is 61.1 Å². The smallest absolute Gasteiger partial charge is 0.227 e. The maximum absolute atomic E-state index is 13.6. The van der Waals surface area contributed by atoms with Crippen molar-refractivity contribution in [3.05, 3.63) is 72.7 Å². The number of H-pyrrole nitrogens is 1. The van der Waals surface area contributed by atoms with E-state index in [0.717, 1.165) is 5.69 Å². The summed E-state index contributed by atoms with van der Waals surface area (Å²) in [6.07, 6.45) is 4.25. The Morgan fingerprint density at radius 3 is 2.50 bits per heavy atom. The fourth-order valence-corrected chi connectivity index (χ4v) is 3.52. The molecule has 0 unspecified atom stereocenters. The predicted molar refractivity (Wildman–Crippen MR) is 122 cm³/mol. The molecule has 9 nitrogen and oxygen atoms in total. The molecule has 0 bridgehead atoms. The Labute approximate surface area is 195 Å². The van der Waals surface area contributed by atoms with Gasteiger partial charge in [0.15, 0.2) is 5.82 Å². The molecule has 4 heterocycles. The quantitative estimate of drug-likeness (QED) is 0.395. The average molecular weight is 462 g/mol. The number of benzene rings is 1. The number of anilines is 2. The summed E-state index contributed by atoms with van der Waals surface area (Å²) in [5.74, 6) is 0.513. The van der Waals surface area contributed by atoms with Crippen molar-refractivity contribution in [3.63, 3.8) is 0 Å². The molecule has 3 N–H and O–H groups in total. The van der Waals surface area contributed by atoms with Crippen LogP contribution in [-0.4, -0.2) is 49.8 Å². The van der Waals surface area contributed by atoms with Gasteiger partial charge in [0.25, 0.3) is 0 Å². The molecule has 3 aromatic heterocycles. The lowest BCUT2D eigenvalue weighted by atomic mass is 9.94. The van der Waals surface area contributed by atoms with Crippen LogP contribution in [-0.2, 0) is 9.47 Å². The topological polar surface area (TPSA) is 118 Å². The molecule has 1 fully saturated rings. The van der Waals surface area contributed by atoms with E-state index in [1.165, 1.54) is 12.1 Å². The minimum Gasteiger partial charge on any atom is -0.396 e. The maximum atomic E-state index is 13.6. The molecular formula is C24H23FN6O3. The molecule has 34 heavy (non-hydrogen) atoms. The van der Waals surface area contributed by atoms with Gasteiger partial charge in [-0.25, -0.2) is 19.3 Å². The maximum Gasteiger partial charge on any atom is 0.227 e. The monoisotopic (exact) mass is 462 g/mol. The van der Waals surface area contributed by atoms with Gasteiger partial charge in [-0.3, -0.25) is 4.98 Å². The summed E-state index contributed by atoms with van der Waals surface area (Å²) in [7, 11) is 0. The molecule has 0 radical (unpaired) electrons. The third-order valence-corrected chi connectivity index (χ3v) is 5.46. The fourth-order valence-electron chi connectivity index (χ4n) is 3.52. The van der Waals surface area contributed by atoms with E-state index in [9.17, 15) is 9.50 Å². The Morgan fingerprint density at radius 2 is 1.79 bits per heavy atom. The zero-order chi connectivity index (χ0) is 23.5. The molecule has 0 amide bonds. The van der Waals surface area contributed by atoms with Crippen LogP contribution >= 0.6 is 0 Å². The molecule has 5 rings (SSSR count). The third-order valence-electron chi connectivity index (χ3n) is 5.46. The molecule has 0 aliphatic carbocycles. The van der Waals surface area contributed by atoms with E-state index in [1.54, 1.807) is 36.8 Å². The second-order valence-corrected chi connectivity index (χ2v) is 8.40. The Bertz CT molecular complexity index is 1260. The van der Waals surface area contributed by atoms with Crippen molar-refractivity contribution in [2.75, 3.05) is 25.1 Å². The second-order valence-electron chi connectivity index (χ2n) is 8.40. The van der Waals surface area contributed by atoms with Gasteiger partial charge in [-0.05, 0) is 42.5 Å². The summed E-state index contributed by atoms with van der Waals surface area (Å²) in [6, 6.07) is 11.4. The van der Waals surface area contributed by atoms with Gasteiger partial charge in [-0.15, -0.1) is 0 Å². The van der Waals surface area contributed by atoms with Gasteiger partial charge in [-0.1, -0.05) is 6.92 Å². The molecule has 1 aromatic carbocycles. The van der Waals surface area contributed by atoms with Crippen LogP contribution in [0.5, 0.6) is 0 Å². The number of aliphatic hydroxyl groups excluding tert-OH is 1. The van der Waals surface area contributed by atoms with Gasteiger partial charge in [0.05, 0.1) is 36.9 Å². The first-order valence-electron chi connectivity index (χ1n) is 10.7. The Kier molecular flexibility index (Phi) is 6.01. The molecule has 174 valence electrons. The minimum absolute atomic E-state index is 0.0435.